The zero-order chi connectivity index (χ0) is 12.1. The standard InChI is InChI=1S/C11H13F2NO2/c12-7-4-5-8(9(13)6-7)10(14)2-1-3-11(15)16/h4-6,10H,1-3,14H2,(H,15,16)/t10-/m1/s1. The van der Waals surface area contributed by atoms with E-state index in [1.54, 1.807) is 0 Å². The van der Waals surface area contributed by atoms with E-state index < -0.39 is 17.6 Å². The summed E-state index contributed by atoms with van der Waals surface area (Å²) in [5, 5.41) is 10.2. The molecule has 3 nitrogen and oxygen atoms in total. The van der Waals surface area contributed by atoms with Crippen LogP contribution < -0.4 is 10.8 Å². The molecule has 1 atom stereocenters. The molecule has 1 aromatic carbocycles. The fraction of sp³-hybridized carbons (Fsp3) is 0.364. The highest BCUT2D eigenvalue weighted by Crippen LogP contribution is 2.19. The minimum atomic E-state index is -1.13. The van der Waals surface area contributed by atoms with Gasteiger partial charge in [-0.1, -0.05) is 0 Å². The molecular formula is C11H13F2NO2. The number of hydrogen-bond acceptors (Lipinski definition) is 2. The monoisotopic (exact) mass is 229 g/mol. The van der Waals surface area contributed by atoms with Crippen molar-refractivity contribution in [3.05, 3.63) is 35.4 Å². The van der Waals surface area contributed by atoms with Crippen LogP contribution in [-0.4, -0.2) is 5.97 Å². The molecule has 3 N–H and O–H groups in total. The van der Waals surface area contributed by atoms with Gasteiger partial charge >= 0.3 is 0 Å². The van der Waals surface area contributed by atoms with Gasteiger partial charge in [0.05, 0.1) is 0 Å². The van der Waals surface area contributed by atoms with Crippen molar-refractivity contribution in [2.45, 2.75) is 25.3 Å². The van der Waals surface area contributed by atoms with Gasteiger partial charge in [-0.05, 0) is 25.0 Å². The maximum atomic E-state index is 13.3. The Morgan fingerprint density at radius 1 is 1.44 bits per heavy atom. The van der Waals surface area contributed by atoms with Crippen LogP contribution in [0.4, 0.5) is 8.78 Å². The maximum Gasteiger partial charge on any atom is 0.135 e. The number of carboxylic acids is 1. The second kappa shape index (κ2) is 5.55. The lowest BCUT2D eigenvalue weighted by Crippen LogP contribution is -2.53. The van der Waals surface area contributed by atoms with Crippen LogP contribution in [0.1, 0.15) is 30.9 Å². The van der Waals surface area contributed by atoms with E-state index in [2.05, 4.69) is 5.73 Å². The van der Waals surface area contributed by atoms with E-state index in [9.17, 15) is 18.7 Å². The zero-order valence-corrected chi connectivity index (χ0v) is 8.71. The van der Waals surface area contributed by atoms with Crippen LogP contribution in [0.2, 0.25) is 0 Å². The van der Waals surface area contributed by atoms with Gasteiger partial charge in [0.2, 0.25) is 0 Å². The van der Waals surface area contributed by atoms with Crippen molar-refractivity contribution >= 4 is 5.97 Å². The molecule has 0 spiro atoms. The first kappa shape index (κ1) is 12.6. The number of benzene rings is 1. The summed E-state index contributed by atoms with van der Waals surface area (Å²) < 4.78 is 25.9. The van der Waals surface area contributed by atoms with Gasteiger partial charge < -0.3 is 15.6 Å². The molecular weight excluding hydrogens is 216 g/mol. The SMILES string of the molecule is [NH3+][C@H](CCCC(=O)[O-])c1ccc(F)cc1F. The molecule has 0 heterocycles. The summed E-state index contributed by atoms with van der Waals surface area (Å²) in [4.78, 5) is 10.2. The van der Waals surface area contributed by atoms with E-state index in [0.29, 0.717) is 18.4 Å². The average molecular weight is 229 g/mol. The molecule has 16 heavy (non-hydrogen) atoms. The normalized spacial score (nSPS) is 12.4. The molecule has 0 aliphatic rings. The number of carbonyl (C=O) groups is 1. The number of aliphatic carboxylic acids is 1. The number of rotatable bonds is 5. The van der Waals surface area contributed by atoms with Crippen LogP contribution in [0.3, 0.4) is 0 Å². The van der Waals surface area contributed by atoms with Crippen LogP contribution >= 0.6 is 0 Å². The molecule has 0 unspecified atom stereocenters. The molecule has 5 heteroatoms. The van der Waals surface area contributed by atoms with Crippen molar-refractivity contribution < 1.29 is 24.4 Å². The summed E-state index contributed by atoms with van der Waals surface area (Å²) in [5.74, 6) is -2.41. The number of carboxylic acid groups (broad SMARTS) is 1. The van der Waals surface area contributed by atoms with Gasteiger partial charge in [0.15, 0.2) is 0 Å². The maximum absolute atomic E-state index is 13.3. The van der Waals surface area contributed by atoms with Gasteiger partial charge in [-0.15, -0.1) is 0 Å². The van der Waals surface area contributed by atoms with Crippen LogP contribution in [0.5, 0.6) is 0 Å². The Kier molecular flexibility index (Phi) is 4.37. The second-order valence-electron chi connectivity index (χ2n) is 3.63. The van der Waals surface area contributed by atoms with E-state index in [0.717, 1.165) is 12.1 Å². The fourth-order valence-electron chi connectivity index (χ4n) is 1.48. The Morgan fingerprint density at radius 2 is 2.12 bits per heavy atom. The highest BCUT2D eigenvalue weighted by molar-refractivity contribution is 5.64. The molecule has 0 fully saturated rings. The average Bonchev–Trinajstić information content (AvgIpc) is 2.16. The fourth-order valence-corrected chi connectivity index (χ4v) is 1.48. The molecule has 0 aliphatic carbocycles. The van der Waals surface area contributed by atoms with Crippen molar-refractivity contribution in [1.82, 2.24) is 0 Å². The Hall–Kier alpha value is -1.49. The number of carbonyl (C=O) groups excluding carboxylic acids is 1. The summed E-state index contributed by atoms with van der Waals surface area (Å²) in [6.07, 6.45) is 0.721. The predicted octanol–water partition coefficient (Wildman–Crippen LogP) is 0.168. The highest BCUT2D eigenvalue weighted by atomic mass is 19.1. The first-order valence-electron chi connectivity index (χ1n) is 4.98. The van der Waals surface area contributed by atoms with Gasteiger partial charge in [0, 0.05) is 24.0 Å². The smallest absolute Gasteiger partial charge is 0.135 e. The van der Waals surface area contributed by atoms with Gasteiger partial charge in [-0.25, -0.2) is 8.78 Å². The molecule has 0 amide bonds. The highest BCUT2D eigenvalue weighted by Gasteiger charge is 2.14. The summed E-state index contributed by atoms with van der Waals surface area (Å²) in [5.41, 5.74) is 4.03. The zero-order valence-electron chi connectivity index (χ0n) is 8.71. The second-order valence-corrected chi connectivity index (χ2v) is 3.63. The van der Waals surface area contributed by atoms with Gasteiger partial charge in [-0.3, -0.25) is 0 Å². The van der Waals surface area contributed by atoms with E-state index in [1.165, 1.54) is 6.07 Å². The first-order chi connectivity index (χ1) is 7.50. The van der Waals surface area contributed by atoms with Gasteiger partial charge in [-0.2, -0.15) is 0 Å². The Morgan fingerprint density at radius 3 is 2.69 bits per heavy atom. The Bertz CT molecular complexity index is 382. The lowest BCUT2D eigenvalue weighted by Gasteiger charge is -2.10. The summed E-state index contributed by atoms with van der Waals surface area (Å²) in [7, 11) is 0. The molecule has 0 aromatic heterocycles. The molecule has 88 valence electrons. The van der Waals surface area contributed by atoms with E-state index in [-0.39, 0.29) is 12.5 Å². The summed E-state index contributed by atoms with van der Waals surface area (Å²) in [6, 6.07) is 2.92. The van der Waals surface area contributed by atoms with Crippen molar-refractivity contribution in [3.8, 4) is 0 Å². The molecule has 0 bridgehead atoms. The molecule has 0 aliphatic heterocycles. The summed E-state index contributed by atoms with van der Waals surface area (Å²) >= 11 is 0. The van der Waals surface area contributed by atoms with Gasteiger partial charge in [0.1, 0.15) is 17.7 Å². The van der Waals surface area contributed by atoms with Crippen LogP contribution in [0.25, 0.3) is 0 Å². The van der Waals surface area contributed by atoms with Crippen LogP contribution in [-0.2, 0) is 4.79 Å². The third-order valence-corrected chi connectivity index (χ3v) is 2.34. The van der Waals surface area contributed by atoms with Crippen molar-refractivity contribution in [2.24, 2.45) is 0 Å². The third kappa shape index (κ3) is 3.58. The van der Waals surface area contributed by atoms with E-state index in [4.69, 9.17) is 0 Å². The minimum absolute atomic E-state index is 0.0746. The summed E-state index contributed by atoms with van der Waals surface area (Å²) in [6.45, 7) is 0. The topological polar surface area (TPSA) is 67.8 Å². The largest absolute Gasteiger partial charge is 0.550 e. The van der Waals surface area contributed by atoms with E-state index in [1.807, 2.05) is 0 Å². The van der Waals surface area contributed by atoms with Crippen LogP contribution in [0.15, 0.2) is 18.2 Å². The predicted molar refractivity (Wildman–Crippen MR) is 50.8 cm³/mol. The number of halogens is 2. The third-order valence-electron chi connectivity index (χ3n) is 2.34. The Labute approximate surface area is 91.9 Å². The lowest BCUT2D eigenvalue weighted by atomic mass is 10.0. The van der Waals surface area contributed by atoms with Crippen molar-refractivity contribution in [2.75, 3.05) is 0 Å². The number of quaternary nitrogens is 1. The van der Waals surface area contributed by atoms with Gasteiger partial charge in [0.25, 0.3) is 0 Å². The number of hydrogen-bond donors (Lipinski definition) is 1. The molecule has 1 rings (SSSR count). The Balaban J connectivity index is 2.58. The minimum Gasteiger partial charge on any atom is -0.550 e. The first-order valence-corrected chi connectivity index (χ1v) is 4.98. The molecule has 0 saturated carbocycles. The van der Waals surface area contributed by atoms with Crippen molar-refractivity contribution in [3.63, 3.8) is 0 Å². The molecule has 0 radical (unpaired) electrons. The van der Waals surface area contributed by atoms with E-state index >= 15 is 0 Å². The molecule has 1 aromatic rings. The van der Waals surface area contributed by atoms with Crippen LogP contribution in [0, 0.1) is 11.6 Å². The quantitative estimate of drug-likeness (QED) is 0.781. The lowest BCUT2D eigenvalue weighted by molar-refractivity contribution is -0.428. The molecule has 0 saturated heterocycles. The van der Waals surface area contributed by atoms with Crippen molar-refractivity contribution in [1.29, 1.82) is 0 Å².